The molecule has 0 saturated heterocycles. The van der Waals surface area contributed by atoms with E-state index in [4.69, 9.17) is 0 Å². The summed E-state index contributed by atoms with van der Waals surface area (Å²) in [6.07, 6.45) is 8.66. The molecule has 0 bridgehead atoms. The van der Waals surface area contributed by atoms with Gasteiger partial charge in [0.15, 0.2) is 0 Å². The lowest BCUT2D eigenvalue weighted by atomic mass is 9.77. The molecule has 2 aromatic rings. The van der Waals surface area contributed by atoms with E-state index < -0.39 is 11.9 Å². The molecular formula is C29H34N4O2. The van der Waals surface area contributed by atoms with Crippen molar-refractivity contribution in [1.29, 1.82) is 5.26 Å². The van der Waals surface area contributed by atoms with Crippen LogP contribution in [0.4, 0.5) is 11.4 Å². The maximum Gasteiger partial charge on any atom is 0.310 e. The summed E-state index contributed by atoms with van der Waals surface area (Å²) in [4.78, 5) is 11.5. The van der Waals surface area contributed by atoms with Crippen LogP contribution in [0.25, 0.3) is 0 Å². The number of nitriles is 1. The summed E-state index contributed by atoms with van der Waals surface area (Å²) in [7, 11) is 0. The summed E-state index contributed by atoms with van der Waals surface area (Å²) >= 11 is 0. The molecule has 1 heterocycles. The zero-order valence-corrected chi connectivity index (χ0v) is 20.4. The molecule has 1 aliphatic carbocycles. The number of benzene rings is 2. The molecular weight excluding hydrogens is 436 g/mol. The van der Waals surface area contributed by atoms with Crippen molar-refractivity contribution < 1.29 is 9.90 Å². The van der Waals surface area contributed by atoms with E-state index >= 15 is 0 Å². The molecule has 1 unspecified atom stereocenters. The summed E-state index contributed by atoms with van der Waals surface area (Å²) < 4.78 is 0. The number of aliphatic carboxylic acids is 1. The van der Waals surface area contributed by atoms with Crippen molar-refractivity contribution in [1.82, 2.24) is 5.32 Å². The van der Waals surface area contributed by atoms with Crippen molar-refractivity contribution in [2.75, 3.05) is 23.7 Å². The second-order valence-corrected chi connectivity index (χ2v) is 9.76. The molecule has 6 heteroatoms. The fourth-order valence-electron chi connectivity index (χ4n) is 5.05. The van der Waals surface area contributed by atoms with Crippen LogP contribution in [0, 0.1) is 22.7 Å². The molecule has 0 fully saturated rings. The van der Waals surface area contributed by atoms with Gasteiger partial charge in [-0.3, -0.25) is 4.79 Å². The summed E-state index contributed by atoms with van der Waals surface area (Å²) in [5.74, 6) is -1.18. The number of hydrogen-bond donors (Lipinski definition) is 4. The minimum absolute atomic E-state index is 0.0205. The van der Waals surface area contributed by atoms with Crippen LogP contribution in [0.3, 0.4) is 0 Å². The zero-order valence-electron chi connectivity index (χ0n) is 20.4. The second-order valence-electron chi connectivity index (χ2n) is 9.76. The third-order valence-electron chi connectivity index (χ3n) is 7.24. The van der Waals surface area contributed by atoms with E-state index in [-0.39, 0.29) is 17.5 Å². The van der Waals surface area contributed by atoms with Gasteiger partial charge < -0.3 is 21.1 Å². The van der Waals surface area contributed by atoms with Crippen LogP contribution in [0.5, 0.6) is 0 Å². The van der Waals surface area contributed by atoms with Crippen LogP contribution in [0.15, 0.2) is 72.3 Å². The van der Waals surface area contributed by atoms with E-state index in [2.05, 4.69) is 65.4 Å². The smallest absolute Gasteiger partial charge is 0.310 e. The van der Waals surface area contributed by atoms with Gasteiger partial charge in [-0.2, -0.15) is 5.26 Å². The molecule has 182 valence electrons. The summed E-state index contributed by atoms with van der Waals surface area (Å²) in [6, 6.07) is 18.6. The molecule has 0 amide bonds. The third kappa shape index (κ3) is 5.58. The highest BCUT2D eigenvalue weighted by molar-refractivity contribution is 5.77. The van der Waals surface area contributed by atoms with E-state index in [0.29, 0.717) is 12.0 Å². The number of hydrogen-bond acceptors (Lipinski definition) is 5. The van der Waals surface area contributed by atoms with Crippen molar-refractivity contribution in [2.24, 2.45) is 11.3 Å². The molecule has 2 aliphatic rings. The molecule has 0 spiro atoms. The zero-order chi connectivity index (χ0) is 24.8. The molecule has 1 aliphatic heterocycles. The molecule has 4 atom stereocenters. The SMILES string of the molecule is CC[C@@H](C(=O)O)C1=CCC(C)(CCN[C@H](c2ccccc2)[C@H]2CNc3cccc(C#N)c3N2)C=C1. The van der Waals surface area contributed by atoms with Gasteiger partial charge in [-0.25, -0.2) is 0 Å². The van der Waals surface area contributed by atoms with E-state index in [1.165, 1.54) is 5.56 Å². The molecule has 4 N–H and O–H groups in total. The van der Waals surface area contributed by atoms with Crippen molar-refractivity contribution in [2.45, 2.75) is 45.2 Å². The fourth-order valence-corrected chi connectivity index (χ4v) is 5.05. The Bertz CT molecular complexity index is 1150. The average molecular weight is 471 g/mol. The highest BCUT2D eigenvalue weighted by Crippen LogP contribution is 2.36. The first-order valence-corrected chi connectivity index (χ1v) is 12.4. The fraction of sp³-hybridized carbons (Fsp3) is 0.379. The van der Waals surface area contributed by atoms with Gasteiger partial charge in [0.1, 0.15) is 6.07 Å². The number of nitrogens with zero attached hydrogens (tertiary/aromatic N) is 1. The van der Waals surface area contributed by atoms with Crippen LogP contribution >= 0.6 is 0 Å². The van der Waals surface area contributed by atoms with Crippen molar-refractivity contribution >= 4 is 17.3 Å². The number of para-hydroxylation sites is 1. The molecule has 0 saturated carbocycles. The van der Waals surface area contributed by atoms with E-state index in [0.717, 1.165) is 42.9 Å². The summed E-state index contributed by atoms with van der Waals surface area (Å²) in [6.45, 7) is 5.70. The molecule has 2 aromatic carbocycles. The topological polar surface area (TPSA) is 97.2 Å². The first-order chi connectivity index (χ1) is 16.9. The maximum atomic E-state index is 11.5. The van der Waals surface area contributed by atoms with E-state index in [1.54, 1.807) is 0 Å². The molecule has 0 radical (unpaired) electrons. The lowest BCUT2D eigenvalue weighted by molar-refractivity contribution is -0.140. The van der Waals surface area contributed by atoms with Gasteiger partial charge in [-0.05, 0) is 54.5 Å². The van der Waals surface area contributed by atoms with E-state index in [1.807, 2.05) is 37.3 Å². The van der Waals surface area contributed by atoms with Crippen LogP contribution in [-0.2, 0) is 4.79 Å². The van der Waals surface area contributed by atoms with Crippen molar-refractivity contribution in [3.63, 3.8) is 0 Å². The third-order valence-corrected chi connectivity index (χ3v) is 7.24. The Morgan fingerprint density at radius 3 is 2.71 bits per heavy atom. The number of anilines is 2. The van der Waals surface area contributed by atoms with Gasteiger partial charge in [0.05, 0.1) is 34.9 Å². The Balaban J connectivity index is 1.45. The van der Waals surface area contributed by atoms with Gasteiger partial charge >= 0.3 is 5.97 Å². The first-order valence-electron chi connectivity index (χ1n) is 12.4. The van der Waals surface area contributed by atoms with Crippen molar-refractivity contribution in [3.8, 4) is 6.07 Å². The highest BCUT2D eigenvalue weighted by Gasteiger charge is 2.30. The Morgan fingerprint density at radius 2 is 2.06 bits per heavy atom. The van der Waals surface area contributed by atoms with Gasteiger partial charge in [-0.15, -0.1) is 0 Å². The standard InChI is InChI=1S/C29H34N4O2/c1-3-23(28(34)35)20-12-14-29(2,15-13-20)16-17-31-26(21-8-5-4-6-9-21)25-19-32-24-11-7-10-22(18-30)27(24)33-25/h4-14,23,25-26,31-33H,3,15-17,19H2,1-2H3,(H,34,35)/t23-,25-,26-,29?/m1/s1. The predicted octanol–water partition coefficient (Wildman–Crippen LogP) is 5.49. The average Bonchev–Trinajstić information content (AvgIpc) is 2.88. The number of rotatable bonds is 9. The monoisotopic (exact) mass is 470 g/mol. The molecule has 6 nitrogen and oxygen atoms in total. The summed E-state index contributed by atoms with van der Waals surface area (Å²) in [5, 5.41) is 29.9. The normalized spacial score (nSPS) is 22.5. The molecule has 0 aromatic heterocycles. The van der Waals surface area contributed by atoms with Crippen LogP contribution in [0.1, 0.15) is 50.3 Å². The molecule has 4 rings (SSSR count). The Labute approximate surface area is 207 Å². The lowest BCUT2D eigenvalue weighted by Crippen LogP contribution is -2.44. The van der Waals surface area contributed by atoms with Crippen LogP contribution in [-0.4, -0.2) is 30.2 Å². The number of carboxylic acid groups (broad SMARTS) is 1. The Morgan fingerprint density at radius 1 is 1.26 bits per heavy atom. The Hall–Kier alpha value is -3.56. The minimum Gasteiger partial charge on any atom is -0.481 e. The molecule has 35 heavy (non-hydrogen) atoms. The second kappa shape index (κ2) is 10.8. The van der Waals surface area contributed by atoms with Gasteiger partial charge in [-0.1, -0.05) is 68.5 Å². The van der Waals surface area contributed by atoms with E-state index in [9.17, 15) is 15.2 Å². The van der Waals surface area contributed by atoms with Gasteiger partial charge in [0.25, 0.3) is 0 Å². The minimum atomic E-state index is -0.755. The summed E-state index contributed by atoms with van der Waals surface area (Å²) in [5.41, 5.74) is 4.55. The first kappa shape index (κ1) is 24.6. The highest BCUT2D eigenvalue weighted by atomic mass is 16.4. The van der Waals surface area contributed by atoms with Gasteiger partial charge in [0.2, 0.25) is 0 Å². The maximum absolute atomic E-state index is 11.5. The number of allylic oxidation sites excluding steroid dienone is 3. The largest absolute Gasteiger partial charge is 0.481 e. The lowest BCUT2D eigenvalue weighted by Gasteiger charge is -2.36. The number of carbonyl (C=O) groups is 1. The quantitative estimate of drug-likeness (QED) is 0.387. The number of carboxylic acids is 1. The number of nitrogens with one attached hydrogen (secondary N) is 3. The van der Waals surface area contributed by atoms with Crippen LogP contribution in [0.2, 0.25) is 0 Å². The van der Waals surface area contributed by atoms with Gasteiger partial charge in [0, 0.05) is 6.54 Å². The van der Waals surface area contributed by atoms with Crippen LogP contribution < -0.4 is 16.0 Å². The predicted molar refractivity (Wildman–Crippen MR) is 140 cm³/mol. The number of fused-ring (bicyclic) bond motifs is 1. The Kier molecular flexibility index (Phi) is 7.57. The van der Waals surface area contributed by atoms with Crippen molar-refractivity contribution in [3.05, 3.63) is 83.5 Å².